The molecular formula is C16H30O2. The van der Waals surface area contributed by atoms with Gasteiger partial charge < -0.3 is 9.47 Å². The molecule has 2 nitrogen and oxygen atoms in total. The van der Waals surface area contributed by atoms with Crippen molar-refractivity contribution < 1.29 is 9.47 Å². The van der Waals surface area contributed by atoms with Gasteiger partial charge in [-0.15, -0.1) is 0 Å². The van der Waals surface area contributed by atoms with E-state index in [9.17, 15) is 0 Å². The highest BCUT2D eigenvalue weighted by Crippen LogP contribution is 2.25. The van der Waals surface area contributed by atoms with Crippen LogP contribution in [-0.2, 0) is 9.47 Å². The van der Waals surface area contributed by atoms with Gasteiger partial charge in [-0.1, -0.05) is 18.6 Å². The summed E-state index contributed by atoms with van der Waals surface area (Å²) in [4.78, 5) is 0. The van der Waals surface area contributed by atoms with Crippen LogP contribution in [0.3, 0.4) is 0 Å². The van der Waals surface area contributed by atoms with Crippen LogP contribution in [0.5, 0.6) is 0 Å². The molecule has 0 aromatic heterocycles. The molecule has 0 bridgehead atoms. The van der Waals surface area contributed by atoms with Crippen molar-refractivity contribution in [2.24, 2.45) is 0 Å². The van der Waals surface area contributed by atoms with Crippen LogP contribution in [0.15, 0.2) is 12.2 Å². The standard InChI is InChI=1S/C16H30O2/c1-15(2,3)17-13-11-9-7-8-10-12-14(13)18-16(4,5)6/h9,11,13-14H,7-8,10,12H2,1-6H3. The lowest BCUT2D eigenvalue weighted by Gasteiger charge is -2.36. The van der Waals surface area contributed by atoms with Crippen molar-refractivity contribution in [3.8, 4) is 0 Å². The zero-order valence-corrected chi connectivity index (χ0v) is 13.0. The average Bonchev–Trinajstić information content (AvgIpc) is 2.12. The van der Waals surface area contributed by atoms with E-state index >= 15 is 0 Å². The van der Waals surface area contributed by atoms with Gasteiger partial charge in [0.05, 0.1) is 17.3 Å². The Morgan fingerprint density at radius 1 is 0.889 bits per heavy atom. The van der Waals surface area contributed by atoms with Crippen LogP contribution >= 0.6 is 0 Å². The van der Waals surface area contributed by atoms with Crippen LogP contribution in [0, 0.1) is 0 Å². The fourth-order valence-corrected chi connectivity index (χ4v) is 2.23. The third-order valence-electron chi connectivity index (χ3n) is 2.80. The Balaban J connectivity index is 2.77. The van der Waals surface area contributed by atoms with Crippen LogP contribution < -0.4 is 0 Å². The normalized spacial score (nSPS) is 26.8. The largest absolute Gasteiger partial charge is 0.370 e. The van der Waals surface area contributed by atoms with Crippen molar-refractivity contribution in [3.05, 3.63) is 12.2 Å². The average molecular weight is 254 g/mol. The quantitative estimate of drug-likeness (QED) is 0.676. The number of ether oxygens (including phenoxy) is 2. The summed E-state index contributed by atoms with van der Waals surface area (Å²) >= 11 is 0. The fourth-order valence-electron chi connectivity index (χ4n) is 2.23. The van der Waals surface area contributed by atoms with Crippen LogP contribution in [0.4, 0.5) is 0 Å². The number of allylic oxidation sites excluding steroid dienone is 1. The molecule has 0 radical (unpaired) electrons. The summed E-state index contributed by atoms with van der Waals surface area (Å²) in [6, 6.07) is 0. The Morgan fingerprint density at radius 3 is 2.06 bits per heavy atom. The fraction of sp³-hybridized carbons (Fsp3) is 0.875. The number of rotatable bonds is 2. The lowest BCUT2D eigenvalue weighted by atomic mass is 9.99. The molecule has 2 heteroatoms. The summed E-state index contributed by atoms with van der Waals surface area (Å²) in [6.45, 7) is 12.7. The van der Waals surface area contributed by atoms with Gasteiger partial charge in [0.15, 0.2) is 0 Å². The Kier molecular flexibility index (Phi) is 5.42. The highest BCUT2D eigenvalue weighted by atomic mass is 16.6. The molecule has 2 atom stereocenters. The van der Waals surface area contributed by atoms with Crippen molar-refractivity contribution in [2.45, 2.75) is 90.6 Å². The van der Waals surface area contributed by atoms with E-state index in [-0.39, 0.29) is 23.4 Å². The number of hydrogen-bond acceptors (Lipinski definition) is 2. The van der Waals surface area contributed by atoms with E-state index in [4.69, 9.17) is 9.47 Å². The van der Waals surface area contributed by atoms with E-state index in [1.165, 1.54) is 12.8 Å². The lowest BCUT2D eigenvalue weighted by molar-refractivity contribution is -0.149. The molecule has 0 N–H and O–H groups in total. The smallest absolute Gasteiger partial charge is 0.102 e. The Hall–Kier alpha value is -0.340. The van der Waals surface area contributed by atoms with Gasteiger partial charge in [0.1, 0.15) is 6.10 Å². The van der Waals surface area contributed by atoms with E-state index in [2.05, 4.69) is 53.7 Å². The summed E-state index contributed by atoms with van der Waals surface area (Å²) in [5.41, 5.74) is -0.245. The predicted octanol–water partition coefficient (Wildman–Crippen LogP) is 4.48. The van der Waals surface area contributed by atoms with Gasteiger partial charge in [-0.05, 0) is 60.8 Å². The molecule has 106 valence electrons. The molecule has 0 heterocycles. The highest BCUT2D eigenvalue weighted by molar-refractivity contribution is 4.97. The first kappa shape index (κ1) is 15.7. The van der Waals surface area contributed by atoms with Crippen molar-refractivity contribution in [1.82, 2.24) is 0 Å². The van der Waals surface area contributed by atoms with Gasteiger partial charge in [-0.25, -0.2) is 0 Å². The summed E-state index contributed by atoms with van der Waals surface area (Å²) in [5.74, 6) is 0. The third-order valence-corrected chi connectivity index (χ3v) is 2.80. The summed E-state index contributed by atoms with van der Waals surface area (Å²) in [7, 11) is 0. The minimum absolute atomic E-state index is 0.0736. The maximum atomic E-state index is 6.20. The molecule has 0 aromatic rings. The maximum Gasteiger partial charge on any atom is 0.102 e. The SMILES string of the molecule is CC(C)(C)OC1C=CCCCCC1OC(C)(C)C. The third kappa shape index (κ3) is 6.55. The van der Waals surface area contributed by atoms with E-state index in [0.717, 1.165) is 12.8 Å². The highest BCUT2D eigenvalue weighted by Gasteiger charge is 2.29. The summed E-state index contributed by atoms with van der Waals surface area (Å²) < 4.78 is 12.4. The minimum Gasteiger partial charge on any atom is -0.370 e. The second-order valence-corrected chi connectivity index (χ2v) is 7.18. The summed E-state index contributed by atoms with van der Waals surface area (Å²) in [6.07, 6.45) is 9.40. The molecule has 0 saturated heterocycles. The van der Waals surface area contributed by atoms with Crippen molar-refractivity contribution in [1.29, 1.82) is 0 Å². The Bertz CT molecular complexity index is 268. The van der Waals surface area contributed by atoms with E-state index in [1.54, 1.807) is 0 Å². The van der Waals surface area contributed by atoms with Gasteiger partial charge in [-0.2, -0.15) is 0 Å². The molecule has 18 heavy (non-hydrogen) atoms. The van der Waals surface area contributed by atoms with E-state index in [1.807, 2.05) is 0 Å². The molecule has 1 rings (SSSR count). The first-order chi connectivity index (χ1) is 8.17. The maximum absolute atomic E-state index is 6.20. The van der Waals surface area contributed by atoms with Crippen LogP contribution in [0.1, 0.15) is 67.2 Å². The second kappa shape index (κ2) is 6.21. The van der Waals surface area contributed by atoms with E-state index in [0.29, 0.717) is 0 Å². The first-order valence-electron chi connectivity index (χ1n) is 7.20. The van der Waals surface area contributed by atoms with Crippen LogP contribution in [-0.4, -0.2) is 23.4 Å². The molecule has 0 aliphatic heterocycles. The molecular weight excluding hydrogens is 224 g/mol. The zero-order valence-electron chi connectivity index (χ0n) is 13.0. The van der Waals surface area contributed by atoms with Crippen LogP contribution in [0.25, 0.3) is 0 Å². The zero-order chi connectivity index (χ0) is 13.8. The minimum atomic E-state index is -0.131. The van der Waals surface area contributed by atoms with Gasteiger partial charge >= 0.3 is 0 Å². The predicted molar refractivity (Wildman–Crippen MR) is 76.9 cm³/mol. The first-order valence-corrected chi connectivity index (χ1v) is 7.20. The Morgan fingerprint density at radius 2 is 1.50 bits per heavy atom. The summed E-state index contributed by atoms with van der Waals surface area (Å²) in [5, 5.41) is 0. The van der Waals surface area contributed by atoms with Crippen LogP contribution in [0.2, 0.25) is 0 Å². The van der Waals surface area contributed by atoms with Gasteiger partial charge in [0.25, 0.3) is 0 Å². The molecule has 1 aliphatic rings. The van der Waals surface area contributed by atoms with Gasteiger partial charge in [0.2, 0.25) is 0 Å². The molecule has 1 aliphatic carbocycles. The number of hydrogen-bond donors (Lipinski definition) is 0. The monoisotopic (exact) mass is 254 g/mol. The molecule has 0 amide bonds. The Labute approximate surface area is 113 Å². The molecule has 0 fully saturated rings. The molecule has 0 aromatic carbocycles. The van der Waals surface area contributed by atoms with Gasteiger partial charge in [0, 0.05) is 0 Å². The van der Waals surface area contributed by atoms with Crippen molar-refractivity contribution >= 4 is 0 Å². The van der Waals surface area contributed by atoms with Gasteiger partial charge in [-0.3, -0.25) is 0 Å². The lowest BCUT2D eigenvalue weighted by Crippen LogP contribution is -2.40. The van der Waals surface area contributed by atoms with Crippen molar-refractivity contribution in [2.75, 3.05) is 0 Å². The molecule has 2 unspecified atom stereocenters. The van der Waals surface area contributed by atoms with E-state index < -0.39 is 0 Å². The molecule has 0 saturated carbocycles. The topological polar surface area (TPSA) is 18.5 Å². The second-order valence-electron chi connectivity index (χ2n) is 7.18. The molecule has 0 spiro atoms. The van der Waals surface area contributed by atoms with Crippen molar-refractivity contribution in [3.63, 3.8) is 0 Å².